The van der Waals surface area contributed by atoms with Gasteiger partial charge in [-0.25, -0.2) is 4.39 Å². The lowest BCUT2D eigenvalue weighted by Gasteiger charge is -2.09. The summed E-state index contributed by atoms with van der Waals surface area (Å²) in [6, 6.07) is 5.47. The van der Waals surface area contributed by atoms with E-state index in [1.165, 1.54) is 24.3 Å². The zero-order chi connectivity index (χ0) is 11.8. The van der Waals surface area contributed by atoms with E-state index in [1.54, 1.807) is 0 Å². The van der Waals surface area contributed by atoms with E-state index in [9.17, 15) is 14.0 Å². The van der Waals surface area contributed by atoms with Gasteiger partial charge in [0.1, 0.15) is 17.5 Å². The number of carbonyl (C=O) groups is 2. The Morgan fingerprint density at radius 3 is 2.50 bits per heavy atom. The van der Waals surface area contributed by atoms with Gasteiger partial charge in [-0.2, -0.15) is 0 Å². The van der Waals surface area contributed by atoms with Gasteiger partial charge in [0.15, 0.2) is 0 Å². The summed E-state index contributed by atoms with van der Waals surface area (Å²) in [4.78, 5) is 22.7. The summed E-state index contributed by atoms with van der Waals surface area (Å²) in [5.74, 6) is -0.574. The highest BCUT2D eigenvalue weighted by molar-refractivity contribution is 6.07. The number of rotatable bonds is 3. The van der Waals surface area contributed by atoms with Crippen LogP contribution in [0.3, 0.4) is 0 Å². The van der Waals surface area contributed by atoms with Gasteiger partial charge in [-0.3, -0.25) is 4.79 Å². The first-order valence-electron chi connectivity index (χ1n) is 5.12. The molecule has 1 fully saturated rings. The third-order valence-electron chi connectivity index (χ3n) is 3.10. The number of hydrogen-bond donors (Lipinski definition) is 1. The molecule has 0 spiro atoms. The van der Waals surface area contributed by atoms with Crippen molar-refractivity contribution in [2.24, 2.45) is 11.3 Å². The van der Waals surface area contributed by atoms with Crippen LogP contribution in [0.5, 0.6) is 0 Å². The van der Waals surface area contributed by atoms with E-state index in [2.05, 4.69) is 5.32 Å². The first-order valence-corrected chi connectivity index (χ1v) is 5.12. The molecule has 4 heteroatoms. The molecule has 16 heavy (non-hydrogen) atoms. The molecule has 0 saturated heterocycles. The van der Waals surface area contributed by atoms with Crippen LogP contribution >= 0.6 is 0 Å². The average molecular weight is 221 g/mol. The molecule has 0 heterocycles. The molecule has 0 bridgehead atoms. The van der Waals surface area contributed by atoms with Crippen molar-refractivity contribution in [1.82, 2.24) is 0 Å². The molecule has 1 saturated carbocycles. The monoisotopic (exact) mass is 221 g/mol. The van der Waals surface area contributed by atoms with Crippen LogP contribution in [0.25, 0.3) is 0 Å². The molecule has 1 N–H and O–H groups in total. The molecule has 0 aliphatic heterocycles. The van der Waals surface area contributed by atoms with Gasteiger partial charge in [0, 0.05) is 5.69 Å². The minimum atomic E-state index is -0.867. The Labute approximate surface area is 92.7 Å². The highest BCUT2D eigenvalue weighted by atomic mass is 19.1. The maximum atomic E-state index is 12.6. The fraction of sp³-hybridized carbons (Fsp3) is 0.333. The van der Waals surface area contributed by atoms with Crippen LogP contribution in [-0.2, 0) is 9.59 Å². The predicted molar refractivity (Wildman–Crippen MR) is 57.3 cm³/mol. The Morgan fingerprint density at radius 2 is 2.06 bits per heavy atom. The van der Waals surface area contributed by atoms with Gasteiger partial charge in [0.2, 0.25) is 5.91 Å². The van der Waals surface area contributed by atoms with Crippen LogP contribution in [0.2, 0.25) is 0 Å². The Bertz CT molecular complexity index is 429. The summed E-state index contributed by atoms with van der Waals surface area (Å²) < 4.78 is 12.6. The number of anilines is 1. The molecule has 0 unspecified atom stereocenters. The van der Waals surface area contributed by atoms with Crippen molar-refractivity contribution in [3.05, 3.63) is 30.1 Å². The minimum Gasteiger partial charge on any atom is -0.325 e. The number of halogens is 1. The van der Waals surface area contributed by atoms with Crippen molar-refractivity contribution in [2.75, 3.05) is 5.32 Å². The van der Waals surface area contributed by atoms with Crippen LogP contribution in [-0.4, -0.2) is 12.2 Å². The van der Waals surface area contributed by atoms with Crippen molar-refractivity contribution >= 4 is 17.9 Å². The molecule has 1 aliphatic carbocycles. The lowest BCUT2D eigenvalue weighted by atomic mass is 10.1. The number of benzene rings is 1. The largest absolute Gasteiger partial charge is 0.325 e. The van der Waals surface area contributed by atoms with E-state index < -0.39 is 5.41 Å². The molecule has 0 aromatic heterocycles. The Kier molecular flexibility index (Phi) is 2.50. The van der Waals surface area contributed by atoms with Gasteiger partial charge in [-0.05, 0) is 36.6 Å². The molecular weight excluding hydrogens is 209 g/mol. The maximum Gasteiger partial charge on any atom is 0.238 e. The van der Waals surface area contributed by atoms with Crippen LogP contribution in [0.1, 0.15) is 13.3 Å². The first kappa shape index (κ1) is 10.8. The summed E-state index contributed by atoms with van der Waals surface area (Å²) in [5, 5.41) is 2.62. The summed E-state index contributed by atoms with van der Waals surface area (Å²) in [5.41, 5.74) is -0.360. The van der Waals surface area contributed by atoms with Gasteiger partial charge < -0.3 is 10.1 Å². The Balaban J connectivity index is 2.08. The molecule has 3 nitrogen and oxygen atoms in total. The molecular formula is C12H12FNO2. The van der Waals surface area contributed by atoms with Crippen LogP contribution in [0.4, 0.5) is 10.1 Å². The molecule has 0 radical (unpaired) electrons. The van der Waals surface area contributed by atoms with E-state index in [-0.39, 0.29) is 17.6 Å². The summed E-state index contributed by atoms with van der Waals surface area (Å²) in [6.45, 7) is 1.86. The van der Waals surface area contributed by atoms with Crippen molar-refractivity contribution in [3.63, 3.8) is 0 Å². The smallest absolute Gasteiger partial charge is 0.238 e. The third-order valence-corrected chi connectivity index (χ3v) is 3.10. The number of carbonyl (C=O) groups excluding carboxylic acids is 2. The van der Waals surface area contributed by atoms with E-state index in [4.69, 9.17) is 0 Å². The maximum absolute atomic E-state index is 12.6. The van der Waals surface area contributed by atoms with Gasteiger partial charge >= 0.3 is 0 Å². The zero-order valence-corrected chi connectivity index (χ0v) is 8.87. The first-order chi connectivity index (χ1) is 7.58. The van der Waals surface area contributed by atoms with Crippen LogP contribution in [0.15, 0.2) is 24.3 Å². The standard InChI is InChI=1S/C12H12FNO2/c1-8-6-12(8,7-15)11(16)14-10-4-2-9(13)3-5-10/h2-5,7-8H,6H2,1H3,(H,14,16)/t8-,12+/m1/s1. The Morgan fingerprint density at radius 1 is 1.50 bits per heavy atom. The van der Waals surface area contributed by atoms with E-state index >= 15 is 0 Å². The van der Waals surface area contributed by atoms with Crippen LogP contribution in [0, 0.1) is 17.2 Å². The second kappa shape index (κ2) is 3.70. The van der Waals surface area contributed by atoms with Gasteiger partial charge in [-0.15, -0.1) is 0 Å². The number of amides is 1. The highest BCUT2D eigenvalue weighted by Gasteiger charge is 2.57. The van der Waals surface area contributed by atoms with Crippen molar-refractivity contribution in [3.8, 4) is 0 Å². The van der Waals surface area contributed by atoms with Gasteiger partial charge in [-0.1, -0.05) is 6.92 Å². The fourth-order valence-electron chi connectivity index (χ4n) is 1.76. The SMILES string of the molecule is C[C@@H]1C[C@@]1(C=O)C(=O)Nc1ccc(F)cc1. The third kappa shape index (κ3) is 1.71. The van der Waals surface area contributed by atoms with Crippen molar-refractivity contribution in [2.45, 2.75) is 13.3 Å². The van der Waals surface area contributed by atoms with E-state index in [0.29, 0.717) is 18.4 Å². The van der Waals surface area contributed by atoms with Gasteiger partial charge in [0.25, 0.3) is 0 Å². The number of nitrogens with one attached hydrogen (secondary N) is 1. The summed E-state index contributed by atoms with van der Waals surface area (Å²) in [7, 11) is 0. The van der Waals surface area contributed by atoms with Crippen molar-refractivity contribution < 1.29 is 14.0 Å². The van der Waals surface area contributed by atoms with E-state index in [1.807, 2.05) is 6.92 Å². The highest BCUT2D eigenvalue weighted by Crippen LogP contribution is 2.51. The number of aldehydes is 1. The second-order valence-corrected chi connectivity index (χ2v) is 4.22. The van der Waals surface area contributed by atoms with E-state index in [0.717, 1.165) is 0 Å². The molecule has 1 aliphatic rings. The minimum absolute atomic E-state index is 0.0884. The normalized spacial score (nSPS) is 27.2. The number of hydrogen-bond acceptors (Lipinski definition) is 2. The molecule has 2 atom stereocenters. The molecule has 1 aromatic carbocycles. The predicted octanol–water partition coefficient (Wildman–Crippen LogP) is 1.99. The fourth-order valence-corrected chi connectivity index (χ4v) is 1.76. The second-order valence-electron chi connectivity index (χ2n) is 4.22. The van der Waals surface area contributed by atoms with Gasteiger partial charge in [0.05, 0.1) is 0 Å². The van der Waals surface area contributed by atoms with Crippen LogP contribution < -0.4 is 5.32 Å². The molecule has 1 aromatic rings. The quantitative estimate of drug-likeness (QED) is 0.626. The zero-order valence-electron chi connectivity index (χ0n) is 8.87. The summed E-state index contributed by atoms with van der Waals surface area (Å²) >= 11 is 0. The molecule has 84 valence electrons. The topological polar surface area (TPSA) is 46.2 Å². The average Bonchev–Trinajstić information content (AvgIpc) is 2.94. The lowest BCUT2D eigenvalue weighted by Crippen LogP contribution is -2.26. The van der Waals surface area contributed by atoms with Crippen molar-refractivity contribution in [1.29, 1.82) is 0 Å². The Hall–Kier alpha value is -1.71. The molecule has 1 amide bonds. The molecule has 2 rings (SSSR count). The summed E-state index contributed by atoms with van der Waals surface area (Å²) in [6.07, 6.45) is 1.29. The lowest BCUT2D eigenvalue weighted by molar-refractivity contribution is -0.127.